The monoisotopic (exact) mass is 183 g/mol. The molecule has 1 aliphatic rings. The Morgan fingerprint density at radius 2 is 2.15 bits per heavy atom. The average molecular weight is 183 g/mol. The van der Waals surface area contributed by atoms with Crippen LogP contribution in [0.5, 0.6) is 0 Å². The van der Waals surface area contributed by atoms with Crippen LogP contribution in [0, 0.1) is 17.8 Å². The molecule has 2 atom stereocenters. The topological polar surface area (TPSA) is 29.1 Å². The Morgan fingerprint density at radius 1 is 1.46 bits per heavy atom. The van der Waals surface area contributed by atoms with Crippen LogP contribution in [0.25, 0.3) is 0 Å². The van der Waals surface area contributed by atoms with Crippen LogP contribution in [0.4, 0.5) is 0 Å². The molecule has 0 radical (unpaired) electrons. The molecule has 0 aromatic rings. The van der Waals surface area contributed by atoms with Gasteiger partial charge in [-0.2, -0.15) is 0 Å². The minimum atomic E-state index is 0.283. The van der Waals surface area contributed by atoms with Gasteiger partial charge in [0.05, 0.1) is 0 Å². The third-order valence-corrected chi connectivity index (χ3v) is 2.64. The van der Waals surface area contributed by atoms with Gasteiger partial charge >= 0.3 is 0 Å². The fraction of sp³-hybridized carbons (Fsp3) is 0.909. The Bertz CT molecular complexity index is 177. The summed E-state index contributed by atoms with van der Waals surface area (Å²) in [6.45, 7) is 8.40. The first-order valence-corrected chi connectivity index (χ1v) is 5.33. The SMILES string of the molecule is CC(C)CC(=O)C1CNCC(C)C1. The van der Waals surface area contributed by atoms with Gasteiger partial charge in [-0.3, -0.25) is 4.79 Å². The van der Waals surface area contributed by atoms with E-state index in [2.05, 4.69) is 26.1 Å². The molecule has 2 nitrogen and oxygen atoms in total. The number of piperidine rings is 1. The van der Waals surface area contributed by atoms with Gasteiger partial charge in [-0.25, -0.2) is 0 Å². The minimum Gasteiger partial charge on any atom is -0.316 e. The fourth-order valence-corrected chi connectivity index (χ4v) is 1.97. The molecule has 2 heteroatoms. The fourth-order valence-electron chi connectivity index (χ4n) is 1.97. The van der Waals surface area contributed by atoms with Crippen molar-refractivity contribution in [1.82, 2.24) is 5.32 Å². The standard InChI is InChI=1S/C11H21NO/c1-8(2)4-11(13)10-5-9(3)6-12-7-10/h8-10,12H,4-7H2,1-3H3. The van der Waals surface area contributed by atoms with Gasteiger partial charge in [0.25, 0.3) is 0 Å². The predicted molar refractivity (Wildman–Crippen MR) is 54.6 cm³/mol. The lowest BCUT2D eigenvalue weighted by Crippen LogP contribution is -2.39. The molecule has 0 aromatic heterocycles. The Morgan fingerprint density at radius 3 is 2.69 bits per heavy atom. The second-order valence-electron chi connectivity index (χ2n) is 4.76. The van der Waals surface area contributed by atoms with E-state index in [1.807, 2.05) is 0 Å². The van der Waals surface area contributed by atoms with E-state index in [1.165, 1.54) is 0 Å². The highest BCUT2D eigenvalue weighted by Gasteiger charge is 2.24. The summed E-state index contributed by atoms with van der Waals surface area (Å²) in [4.78, 5) is 11.7. The summed E-state index contributed by atoms with van der Waals surface area (Å²) in [5, 5.41) is 3.32. The van der Waals surface area contributed by atoms with E-state index in [1.54, 1.807) is 0 Å². The number of hydrogen-bond acceptors (Lipinski definition) is 2. The maximum absolute atomic E-state index is 11.7. The molecular formula is C11H21NO. The third-order valence-electron chi connectivity index (χ3n) is 2.64. The Kier molecular flexibility index (Phi) is 3.91. The predicted octanol–water partition coefficient (Wildman–Crippen LogP) is 1.85. The molecule has 76 valence electrons. The van der Waals surface area contributed by atoms with Gasteiger partial charge in [-0.1, -0.05) is 20.8 Å². The molecule has 0 aliphatic carbocycles. The number of carbonyl (C=O) groups is 1. The van der Waals surface area contributed by atoms with Crippen molar-refractivity contribution in [3.8, 4) is 0 Å². The van der Waals surface area contributed by atoms with E-state index in [9.17, 15) is 4.79 Å². The van der Waals surface area contributed by atoms with E-state index in [-0.39, 0.29) is 5.92 Å². The van der Waals surface area contributed by atoms with Crippen molar-refractivity contribution in [2.75, 3.05) is 13.1 Å². The van der Waals surface area contributed by atoms with Crippen LogP contribution in [-0.4, -0.2) is 18.9 Å². The molecule has 1 fully saturated rings. The van der Waals surface area contributed by atoms with Gasteiger partial charge in [-0.15, -0.1) is 0 Å². The summed E-state index contributed by atoms with van der Waals surface area (Å²) >= 11 is 0. The van der Waals surface area contributed by atoms with Crippen molar-refractivity contribution < 1.29 is 4.79 Å². The Hall–Kier alpha value is -0.370. The molecule has 0 bridgehead atoms. The minimum absolute atomic E-state index is 0.283. The zero-order chi connectivity index (χ0) is 9.84. The molecule has 13 heavy (non-hydrogen) atoms. The molecule has 1 aliphatic heterocycles. The smallest absolute Gasteiger partial charge is 0.137 e. The Labute approximate surface area is 81.1 Å². The third kappa shape index (κ3) is 3.47. The number of hydrogen-bond donors (Lipinski definition) is 1. The average Bonchev–Trinajstić information content (AvgIpc) is 2.03. The number of Topliss-reactive ketones (excluding diaryl/α,β-unsaturated/α-hetero) is 1. The molecule has 0 saturated carbocycles. The number of nitrogens with one attached hydrogen (secondary N) is 1. The number of ketones is 1. The first-order valence-electron chi connectivity index (χ1n) is 5.33. The lowest BCUT2D eigenvalue weighted by atomic mass is 9.86. The van der Waals surface area contributed by atoms with Crippen molar-refractivity contribution in [2.45, 2.75) is 33.6 Å². The highest BCUT2D eigenvalue weighted by atomic mass is 16.1. The van der Waals surface area contributed by atoms with E-state index in [0.29, 0.717) is 17.6 Å². The first-order chi connectivity index (χ1) is 6.09. The molecule has 1 saturated heterocycles. The van der Waals surface area contributed by atoms with Crippen molar-refractivity contribution in [1.29, 1.82) is 0 Å². The molecule has 2 unspecified atom stereocenters. The van der Waals surface area contributed by atoms with Crippen molar-refractivity contribution >= 4 is 5.78 Å². The van der Waals surface area contributed by atoms with Gasteiger partial charge in [0.1, 0.15) is 5.78 Å². The van der Waals surface area contributed by atoms with Crippen LogP contribution in [-0.2, 0) is 4.79 Å². The summed E-state index contributed by atoms with van der Waals surface area (Å²) in [5.74, 6) is 1.90. The summed E-state index contributed by atoms with van der Waals surface area (Å²) in [6, 6.07) is 0. The summed E-state index contributed by atoms with van der Waals surface area (Å²) in [5.41, 5.74) is 0. The highest BCUT2D eigenvalue weighted by molar-refractivity contribution is 5.81. The molecule has 0 spiro atoms. The molecule has 1 heterocycles. The summed E-state index contributed by atoms with van der Waals surface area (Å²) < 4.78 is 0. The van der Waals surface area contributed by atoms with Crippen LogP contribution in [0.3, 0.4) is 0 Å². The first kappa shape index (κ1) is 10.7. The van der Waals surface area contributed by atoms with Crippen molar-refractivity contribution in [3.05, 3.63) is 0 Å². The molecule has 0 aromatic carbocycles. The van der Waals surface area contributed by atoms with Gasteiger partial charge in [0, 0.05) is 18.9 Å². The number of rotatable bonds is 3. The van der Waals surface area contributed by atoms with Gasteiger partial charge in [-0.05, 0) is 24.8 Å². The largest absolute Gasteiger partial charge is 0.316 e. The van der Waals surface area contributed by atoms with Gasteiger partial charge < -0.3 is 5.32 Å². The Balaban J connectivity index is 2.37. The van der Waals surface area contributed by atoms with Crippen molar-refractivity contribution in [2.24, 2.45) is 17.8 Å². The van der Waals surface area contributed by atoms with Crippen LogP contribution < -0.4 is 5.32 Å². The second kappa shape index (κ2) is 4.75. The van der Waals surface area contributed by atoms with E-state index < -0.39 is 0 Å². The summed E-state index contributed by atoms with van der Waals surface area (Å²) in [6.07, 6.45) is 1.83. The summed E-state index contributed by atoms with van der Waals surface area (Å²) in [7, 11) is 0. The highest BCUT2D eigenvalue weighted by Crippen LogP contribution is 2.19. The zero-order valence-corrected chi connectivity index (χ0v) is 8.97. The molecule has 1 N–H and O–H groups in total. The van der Waals surface area contributed by atoms with Crippen LogP contribution in [0.1, 0.15) is 33.6 Å². The van der Waals surface area contributed by atoms with E-state index in [0.717, 1.165) is 25.9 Å². The van der Waals surface area contributed by atoms with E-state index in [4.69, 9.17) is 0 Å². The van der Waals surface area contributed by atoms with Gasteiger partial charge in [0.15, 0.2) is 0 Å². The zero-order valence-electron chi connectivity index (χ0n) is 8.97. The lowest BCUT2D eigenvalue weighted by Gasteiger charge is -2.27. The maximum Gasteiger partial charge on any atom is 0.137 e. The molecule has 0 amide bonds. The quantitative estimate of drug-likeness (QED) is 0.723. The van der Waals surface area contributed by atoms with E-state index >= 15 is 0 Å². The van der Waals surface area contributed by atoms with Crippen LogP contribution >= 0.6 is 0 Å². The van der Waals surface area contributed by atoms with Crippen molar-refractivity contribution in [3.63, 3.8) is 0 Å². The second-order valence-corrected chi connectivity index (χ2v) is 4.76. The lowest BCUT2D eigenvalue weighted by molar-refractivity contribution is -0.124. The van der Waals surface area contributed by atoms with Crippen LogP contribution in [0.2, 0.25) is 0 Å². The number of carbonyl (C=O) groups excluding carboxylic acids is 1. The normalized spacial score (nSPS) is 29.2. The van der Waals surface area contributed by atoms with Gasteiger partial charge in [0.2, 0.25) is 0 Å². The maximum atomic E-state index is 11.7. The molecule has 1 rings (SSSR count). The van der Waals surface area contributed by atoms with Crippen LogP contribution in [0.15, 0.2) is 0 Å². The molecular weight excluding hydrogens is 162 g/mol.